The SMILES string of the molecule is CC(C)CCC[C@@H](C)[C@H]1CC[C@H]2[C@@H]3CC[C@H]4C[C@@H](OC(=O)CNC(=O)CCCCC(=O)NCC(=O)NC(COCCOCCOCCOCCO[C@@H]5O[C@H](CO)[C@H](O)[C@H](O)[C@H]5O)(COCCOCCOCCOCCO[C@@H]5O[C@H](CO)[C@H](O)[C@H](O)[C@H]5O)COCCOCCOCCOCCO[C@@H]5O[C@H](CO)[C@H](O)[C@H](O)[C@H]5O)CC[C@]4(C)[C@H]3CC[C@]12C. The maximum Gasteiger partial charge on any atom is 0.325 e. The fourth-order valence-electron chi connectivity index (χ4n) is 18.3. The minimum absolute atomic E-state index is 0.00686. The molecule has 15 N–H and O–H groups in total. The van der Waals surface area contributed by atoms with Gasteiger partial charge in [0.15, 0.2) is 18.9 Å². The van der Waals surface area contributed by atoms with E-state index in [0.29, 0.717) is 30.1 Å². The van der Waals surface area contributed by atoms with Gasteiger partial charge in [0.2, 0.25) is 17.7 Å². The molecule has 0 aromatic rings. The Balaban J connectivity index is 0.829. The van der Waals surface area contributed by atoms with Gasteiger partial charge in [-0.25, -0.2) is 0 Å². The summed E-state index contributed by atoms with van der Waals surface area (Å²) in [5.41, 5.74) is -0.704. The molecule has 4 aliphatic carbocycles. The molecule has 121 heavy (non-hydrogen) atoms. The molecule has 3 amide bonds. The van der Waals surface area contributed by atoms with E-state index in [-0.39, 0.29) is 215 Å². The molecule has 0 radical (unpaired) electrons. The highest BCUT2D eigenvalue weighted by molar-refractivity contribution is 5.85. The molecule has 0 spiro atoms. The summed E-state index contributed by atoms with van der Waals surface area (Å²) in [5.74, 6) is 3.30. The number of nitrogens with one attached hydrogen (secondary N) is 3. The van der Waals surface area contributed by atoms with Crippen molar-refractivity contribution in [2.45, 2.75) is 241 Å². The number of carbonyl (C=O) groups is 4. The number of esters is 1. The smallest absolute Gasteiger partial charge is 0.325 e. The quantitative estimate of drug-likeness (QED) is 0.0239. The summed E-state index contributed by atoms with van der Waals surface area (Å²) < 4.78 is 107. The van der Waals surface area contributed by atoms with Gasteiger partial charge in [-0.2, -0.15) is 0 Å². The van der Waals surface area contributed by atoms with Gasteiger partial charge in [-0.1, -0.05) is 53.9 Å². The topological polar surface area (TPSA) is 523 Å². The van der Waals surface area contributed by atoms with Gasteiger partial charge in [0, 0.05) is 12.8 Å². The van der Waals surface area contributed by atoms with Crippen LogP contribution < -0.4 is 16.0 Å². The fraction of sp³-hybridized carbons (Fsp3) is 0.952. The third-order valence-electron chi connectivity index (χ3n) is 25.0. The lowest BCUT2D eigenvalue weighted by Gasteiger charge is -2.61. The highest BCUT2D eigenvalue weighted by Gasteiger charge is 2.61. The van der Waals surface area contributed by atoms with Crippen LogP contribution in [0.15, 0.2) is 0 Å². The minimum Gasteiger partial charge on any atom is -0.461 e. The number of carbonyl (C=O) groups excluding carboxylic acids is 4. The van der Waals surface area contributed by atoms with E-state index in [2.05, 4.69) is 50.6 Å². The summed E-state index contributed by atoms with van der Waals surface area (Å²) in [5, 5.41) is 127. The molecular formula is C83H149N3O35. The number of hydrogen-bond acceptors (Lipinski definition) is 35. The Bertz CT molecular complexity index is 2660. The van der Waals surface area contributed by atoms with Crippen molar-refractivity contribution in [3.63, 3.8) is 0 Å². The van der Waals surface area contributed by atoms with Crippen LogP contribution in [0.4, 0.5) is 0 Å². The van der Waals surface area contributed by atoms with Crippen LogP contribution in [-0.4, -0.2) is 400 Å². The van der Waals surface area contributed by atoms with Crippen LogP contribution in [0.3, 0.4) is 0 Å². The van der Waals surface area contributed by atoms with Crippen LogP contribution in [0.1, 0.15) is 137 Å². The number of rotatable bonds is 64. The summed E-state index contributed by atoms with van der Waals surface area (Å²) in [6.07, 6.45) is -5.93. The number of fused-ring (bicyclic) bond motifs is 5. The van der Waals surface area contributed by atoms with Gasteiger partial charge in [0.05, 0.1) is 205 Å². The Labute approximate surface area is 712 Å². The summed E-state index contributed by atoms with van der Waals surface area (Å²) in [7, 11) is 0. The maximum atomic E-state index is 14.0. The van der Waals surface area contributed by atoms with Gasteiger partial charge in [-0.05, 0) is 123 Å². The number of aliphatic hydroxyl groups excluding tert-OH is 12. The van der Waals surface area contributed by atoms with Crippen LogP contribution in [0.5, 0.6) is 0 Å². The number of ether oxygens (including phenoxy) is 19. The number of unbranched alkanes of at least 4 members (excludes halogenated alkanes) is 1. The molecule has 0 aromatic heterocycles. The first-order chi connectivity index (χ1) is 58.3. The molecule has 4 saturated carbocycles. The van der Waals surface area contributed by atoms with Crippen LogP contribution in [0, 0.1) is 52.3 Å². The zero-order valence-electron chi connectivity index (χ0n) is 72.0. The van der Waals surface area contributed by atoms with E-state index in [0.717, 1.165) is 48.9 Å². The fourth-order valence-corrected chi connectivity index (χ4v) is 18.3. The van der Waals surface area contributed by atoms with Gasteiger partial charge in [0.25, 0.3) is 0 Å². The first-order valence-corrected chi connectivity index (χ1v) is 44.0. The molecular weight excluding hydrogens is 1600 g/mol. The van der Waals surface area contributed by atoms with E-state index < -0.39 is 142 Å². The highest BCUT2D eigenvalue weighted by atomic mass is 16.7. The largest absolute Gasteiger partial charge is 0.461 e. The number of amides is 3. The maximum absolute atomic E-state index is 14.0. The molecule has 38 nitrogen and oxygen atoms in total. The lowest BCUT2D eigenvalue weighted by molar-refractivity contribution is -0.302. The minimum atomic E-state index is -1.57. The first kappa shape index (κ1) is 105. The van der Waals surface area contributed by atoms with E-state index in [1.807, 2.05) is 0 Å². The van der Waals surface area contributed by atoms with Crippen molar-refractivity contribution in [1.29, 1.82) is 0 Å². The molecule has 706 valence electrons. The number of aliphatic hydroxyl groups is 12. The molecule has 0 unspecified atom stereocenters. The van der Waals surface area contributed by atoms with E-state index in [1.54, 1.807) is 0 Å². The predicted molar refractivity (Wildman–Crippen MR) is 427 cm³/mol. The monoisotopic (exact) mass is 1750 g/mol. The summed E-state index contributed by atoms with van der Waals surface area (Å²) in [6, 6.07) is 0. The van der Waals surface area contributed by atoms with Crippen molar-refractivity contribution >= 4 is 23.7 Å². The molecule has 38 heteroatoms. The normalized spacial score (nSPS) is 32.1. The van der Waals surface area contributed by atoms with Crippen molar-refractivity contribution in [3.8, 4) is 0 Å². The van der Waals surface area contributed by atoms with Crippen LogP contribution >= 0.6 is 0 Å². The van der Waals surface area contributed by atoms with Gasteiger partial charge in [-0.3, -0.25) is 19.2 Å². The molecule has 0 bridgehead atoms. The zero-order valence-corrected chi connectivity index (χ0v) is 72.0. The lowest BCUT2D eigenvalue weighted by atomic mass is 9.44. The molecule has 3 heterocycles. The standard InChI is InChI=1S/C83H149N3O35/c1-54(2)9-8-10-55(3)59-15-16-60-58-14-13-56-45-57(17-19-81(56,4)61(58)18-20-82(59,60)5)118-68(93)47-85-66(91)12-7-6-11-65(90)84-46-67(92)86-83(51-112-36-33-106-24-21-103-27-30-109-39-42-115-78-75(100)72(97)69(94)62(48-87)119-78,52-113-37-34-107-25-22-104-28-31-110-40-43-116-79-76(101)73(98)70(95)63(49-88)120-79)53-114-38-35-108-26-23-105-29-32-111-41-44-117-80-77(102)74(99)71(96)64(50-89)121-80/h54-64,69-80,87-89,94-102H,6-53H2,1-5H3,(H,84,90)(H,85,91)(H,86,92)/t55-,56+,57+,58+,59-,60+,61+,62-,63-,64-,69+,70+,71+,72+,73+,74+,75-,76-,77-,78-,79-,80-,81+,82-/m1/s1. The van der Waals surface area contributed by atoms with Gasteiger partial charge >= 0.3 is 5.97 Å². The molecule has 24 atom stereocenters. The van der Waals surface area contributed by atoms with E-state index >= 15 is 0 Å². The van der Waals surface area contributed by atoms with Gasteiger partial charge in [-0.15, -0.1) is 0 Å². The van der Waals surface area contributed by atoms with Crippen molar-refractivity contribution < 1.29 is 170 Å². The first-order valence-electron chi connectivity index (χ1n) is 44.0. The molecule has 7 rings (SSSR count). The predicted octanol–water partition coefficient (Wildman–Crippen LogP) is -1.68. The van der Waals surface area contributed by atoms with Crippen molar-refractivity contribution in [1.82, 2.24) is 16.0 Å². The Hall–Kier alpha value is -3.32. The Kier molecular flexibility index (Phi) is 49.2. The Morgan fingerprint density at radius 2 is 0.760 bits per heavy atom. The molecule has 3 aliphatic heterocycles. The second kappa shape index (κ2) is 56.9. The highest BCUT2D eigenvalue weighted by Crippen LogP contribution is 2.68. The summed E-state index contributed by atoms with van der Waals surface area (Å²) >= 11 is 0. The zero-order chi connectivity index (χ0) is 87.6. The summed E-state index contributed by atoms with van der Waals surface area (Å²) in [6.45, 7) is 12.3. The van der Waals surface area contributed by atoms with Crippen molar-refractivity contribution in [2.24, 2.45) is 52.3 Å². The van der Waals surface area contributed by atoms with E-state index in [9.17, 15) is 80.5 Å². The second-order valence-corrected chi connectivity index (χ2v) is 34.0. The lowest BCUT2D eigenvalue weighted by Crippen LogP contribution is -2.60. The molecule has 7 aliphatic rings. The van der Waals surface area contributed by atoms with Crippen molar-refractivity contribution in [2.75, 3.05) is 211 Å². The summed E-state index contributed by atoms with van der Waals surface area (Å²) in [4.78, 5) is 53.5. The van der Waals surface area contributed by atoms with Gasteiger partial charge < -0.3 is 167 Å². The average Bonchev–Trinajstić information content (AvgIpc) is 1.65. The molecule has 0 aromatic carbocycles. The third-order valence-corrected chi connectivity index (χ3v) is 25.0. The van der Waals surface area contributed by atoms with E-state index in [4.69, 9.17) is 90.0 Å². The Morgan fingerprint density at radius 1 is 0.397 bits per heavy atom. The molecule has 7 fully saturated rings. The number of hydrogen-bond donors (Lipinski definition) is 15. The molecule has 3 saturated heterocycles. The van der Waals surface area contributed by atoms with E-state index in [1.165, 1.54) is 57.8 Å². The van der Waals surface area contributed by atoms with Crippen LogP contribution in [0.25, 0.3) is 0 Å². The average molecular weight is 1750 g/mol. The van der Waals surface area contributed by atoms with Gasteiger partial charge in [0.1, 0.15) is 91.4 Å². The second-order valence-electron chi connectivity index (χ2n) is 34.0. The van der Waals surface area contributed by atoms with Crippen LogP contribution in [0.2, 0.25) is 0 Å². The van der Waals surface area contributed by atoms with Crippen molar-refractivity contribution in [3.05, 3.63) is 0 Å². The van der Waals surface area contributed by atoms with Crippen LogP contribution in [-0.2, 0) is 109 Å². The third kappa shape index (κ3) is 34.6. The Morgan fingerprint density at radius 3 is 1.15 bits per heavy atom.